The first-order valence-corrected chi connectivity index (χ1v) is 10.2. The van der Waals surface area contributed by atoms with Crippen LogP contribution in [0.2, 0.25) is 0 Å². The molecule has 1 aliphatic heterocycles. The van der Waals surface area contributed by atoms with Crippen LogP contribution in [0.15, 0.2) is 24.4 Å². The van der Waals surface area contributed by atoms with Gasteiger partial charge < -0.3 is 9.47 Å². The molecule has 3 aromatic heterocycles. The van der Waals surface area contributed by atoms with Gasteiger partial charge in [0.05, 0.1) is 5.69 Å². The molecule has 1 saturated heterocycles. The van der Waals surface area contributed by atoms with Crippen molar-refractivity contribution in [2.75, 3.05) is 13.1 Å². The van der Waals surface area contributed by atoms with Crippen LogP contribution in [0.4, 0.5) is 0 Å². The number of imidazole rings is 1. The molecule has 0 bridgehead atoms. The van der Waals surface area contributed by atoms with E-state index in [0.29, 0.717) is 12.6 Å². The Kier molecular flexibility index (Phi) is 5.15. The average molecular weight is 380 g/mol. The number of aryl methyl sites for hydroxylation is 3. The Labute approximate surface area is 165 Å². The van der Waals surface area contributed by atoms with Crippen molar-refractivity contribution < 1.29 is 4.79 Å². The van der Waals surface area contributed by atoms with Crippen LogP contribution in [-0.4, -0.2) is 48.2 Å². The Morgan fingerprint density at radius 3 is 2.71 bits per heavy atom. The van der Waals surface area contributed by atoms with Crippen LogP contribution in [0.25, 0.3) is 11.2 Å². The first-order valence-electron chi connectivity index (χ1n) is 10.2. The first kappa shape index (κ1) is 18.7. The van der Waals surface area contributed by atoms with Crippen molar-refractivity contribution in [2.24, 2.45) is 0 Å². The van der Waals surface area contributed by atoms with E-state index in [1.54, 1.807) is 4.68 Å². The lowest BCUT2D eigenvalue weighted by Gasteiger charge is -2.33. The van der Waals surface area contributed by atoms with Crippen molar-refractivity contribution in [3.05, 3.63) is 41.6 Å². The monoisotopic (exact) mass is 380 g/mol. The Hall–Kier alpha value is -2.70. The van der Waals surface area contributed by atoms with Crippen LogP contribution >= 0.6 is 0 Å². The van der Waals surface area contributed by atoms with Crippen molar-refractivity contribution in [3.63, 3.8) is 0 Å². The van der Waals surface area contributed by atoms with E-state index in [2.05, 4.69) is 21.6 Å². The highest BCUT2D eigenvalue weighted by molar-refractivity contribution is 5.76. The maximum absolute atomic E-state index is 12.7. The van der Waals surface area contributed by atoms with Crippen LogP contribution in [-0.2, 0) is 17.8 Å². The number of pyridine rings is 1. The van der Waals surface area contributed by atoms with Gasteiger partial charge in [0.15, 0.2) is 5.65 Å². The molecular weight excluding hydrogens is 352 g/mol. The van der Waals surface area contributed by atoms with Gasteiger partial charge in [-0.25, -0.2) is 9.97 Å². The van der Waals surface area contributed by atoms with Gasteiger partial charge in [-0.1, -0.05) is 6.92 Å². The standard InChI is InChI=1S/C21H28N6O/c1-4-6-19-23-18-7-5-10-22-21(18)27(19)17-8-11-25(12-9-17)20(28)14-26-16(3)13-15(2)24-26/h5,7,10,13,17H,4,6,8-9,11-12,14H2,1-3H3. The normalized spacial score (nSPS) is 15.5. The van der Waals surface area contributed by atoms with E-state index >= 15 is 0 Å². The summed E-state index contributed by atoms with van der Waals surface area (Å²) < 4.78 is 4.12. The number of carbonyl (C=O) groups excluding carboxylic acids is 1. The Bertz CT molecular complexity index is 980. The number of piperidine rings is 1. The van der Waals surface area contributed by atoms with Gasteiger partial charge in [-0.2, -0.15) is 5.10 Å². The van der Waals surface area contributed by atoms with E-state index in [9.17, 15) is 4.79 Å². The van der Waals surface area contributed by atoms with Crippen molar-refractivity contribution in [1.29, 1.82) is 0 Å². The third-order valence-electron chi connectivity index (χ3n) is 5.57. The number of hydrogen-bond donors (Lipinski definition) is 0. The molecule has 7 heteroatoms. The zero-order chi connectivity index (χ0) is 19.7. The zero-order valence-electron chi connectivity index (χ0n) is 16.9. The average Bonchev–Trinajstić information content (AvgIpc) is 3.21. The predicted octanol–water partition coefficient (Wildman–Crippen LogP) is 3.06. The van der Waals surface area contributed by atoms with Crippen molar-refractivity contribution >= 4 is 17.1 Å². The summed E-state index contributed by atoms with van der Waals surface area (Å²) in [5.74, 6) is 1.26. The smallest absolute Gasteiger partial charge is 0.244 e. The minimum absolute atomic E-state index is 0.145. The number of aromatic nitrogens is 5. The summed E-state index contributed by atoms with van der Waals surface area (Å²) in [7, 11) is 0. The van der Waals surface area contributed by atoms with Gasteiger partial charge in [0.2, 0.25) is 5.91 Å². The number of amides is 1. The summed E-state index contributed by atoms with van der Waals surface area (Å²) in [5.41, 5.74) is 3.92. The van der Waals surface area contributed by atoms with Gasteiger partial charge in [0.25, 0.3) is 0 Å². The van der Waals surface area contributed by atoms with Gasteiger partial charge in [0, 0.05) is 37.4 Å². The molecule has 0 aliphatic carbocycles. The van der Waals surface area contributed by atoms with E-state index in [4.69, 9.17) is 4.98 Å². The first-order chi connectivity index (χ1) is 13.6. The molecular formula is C21H28N6O. The lowest BCUT2D eigenvalue weighted by molar-refractivity contribution is -0.133. The molecule has 0 aromatic carbocycles. The van der Waals surface area contributed by atoms with E-state index in [1.165, 1.54) is 0 Å². The second kappa shape index (κ2) is 7.73. The van der Waals surface area contributed by atoms with E-state index < -0.39 is 0 Å². The second-order valence-corrected chi connectivity index (χ2v) is 7.69. The van der Waals surface area contributed by atoms with Crippen LogP contribution in [0.1, 0.15) is 49.4 Å². The van der Waals surface area contributed by atoms with Crippen molar-refractivity contribution in [3.8, 4) is 0 Å². The summed E-state index contributed by atoms with van der Waals surface area (Å²) in [5, 5.41) is 4.42. The van der Waals surface area contributed by atoms with Crippen LogP contribution in [0.5, 0.6) is 0 Å². The fourth-order valence-corrected chi connectivity index (χ4v) is 4.20. The SMILES string of the molecule is CCCc1nc2cccnc2n1C1CCN(C(=O)Cn2nc(C)cc2C)CC1. The van der Waals surface area contributed by atoms with Crippen LogP contribution < -0.4 is 0 Å². The molecule has 3 aromatic rings. The predicted molar refractivity (Wildman–Crippen MR) is 108 cm³/mol. The molecule has 0 saturated carbocycles. The lowest BCUT2D eigenvalue weighted by Crippen LogP contribution is -2.41. The third kappa shape index (κ3) is 3.53. The second-order valence-electron chi connectivity index (χ2n) is 7.69. The Balaban J connectivity index is 1.47. The van der Waals surface area contributed by atoms with Gasteiger partial charge in [-0.05, 0) is 51.3 Å². The van der Waals surface area contributed by atoms with Crippen molar-refractivity contribution in [2.45, 2.75) is 59.0 Å². The molecule has 1 aliphatic rings. The molecule has 28 heavy (non-hydrogen) atoms. The summed E-state index contributed by atoms with van der Waals surface area (Å²) in [6.45, 7) is 7.98. The van der Waals surface area contributed by atoms with Gasteiger partial charge in [-0.15, -0.1) is 0 Å². The summed E-state index contributed by atoms with van der Waals surface area (Å²) in [6, 6.07) is 6.33. The van der Waals surface area contributed by atoms with Crippen molar-refractivity contribution in [1.82, 2.24) is 29.2 Å². The molecule has 7 nitrogen and oxygen atoms in total. The topological polar surface area (TPSA) is 68.8 Å². The number of fused-ring (bicyclic) bond motifs is 1. The minimum Gasteiger partial charge on any atom is -0.341 e. The quantitative estimate of drug-likeness (QED) is 0.682. The lowest BCUT2D eigenvalue weighted by atomic mass is 10.0. The summed E-state index contributed by atoms with van der Waals surface area (Å²) >= 11 is 0. The molecule has 4 heterocycles. The number of rotatable bonds is 5. The van der Waals surface area contributed by atoms with Crippen LogP contribution in [0.3, 0.4) is 0 Å². The van der Waals surface area contributed by atoms with E-state index in [1.807, 2.05) is 43.1 Å². The number of nitrogens with zero attached hydrogens (tertiary/aromatic N) is 6. The Morgan fingerprint density at radius 2 is 2.04 bits per heavy atom. The maximum atomic E-state index is 12.7. The van der Waals surface area contributed by atoms with E-state index in [0.717, 1.165) is 67.1 Å². The highest BCUT2D eigenvalue weighted by Gasteiger charge is 2.27. The van der Waals surface area contributed by atoms with Gasteiger partial charge in [0.1, 0.15) is 17.9 Å². The highest BCUT2D eigenvalue weighted by Crippen LogP contribution is 2.28. The van der Waals surface area contributed by atoms with E-state index in [-0.39, 0.29) is 5.91 Å². The molecule has 4 rings (SSSR count). The number of hydrogen-bond acceptors (Lipinski definition) is 4. The Morgan fingerprint density at radius 1 is 1.25 bits per heavy atom. The minimum atomic E-state index is 0.145. The molecule has 1 amide bonds. The van der Waals surface area contributed by atoms with Gasteiger partial charge >= 0.3 is 0 Å². The fourth-order valence-electron chi connectivity index (χ4n) is 4.20. The maximum Gasteiger partial charge on any atom is 0.244 e. The molecule has 0 radical (unpaired) electrons. The van der Waals surface area contributed by atoms with Crippen LogP contribution in [0, 0.1) is 13.8 Å². The molecule has 1 fully saturated rings. The molecule has 148 valence electrons. The zero-order valence-corrected chi connectivity index (χ0v) is 16.9. The fraction of sp³-hybridized carbons (Fsp3) is 0.524. The van der Waals surface area contributed by atoms with Gasteiger partial charge in [-0.3, -0.25) is 9.48 Å². The molecule has 0 unspecified atom stereocenters. The third-order valence-corrected chi connectivity index (χ3v) is 5.57. The summed E-state index contributed by atoms with van der Waals surface area (Å²) in [6.07, 6.45) is 5.71. The molecule has 0 N–H and O–H groups in total. The number of carbonyl (C=O) groups is 1. The largest absolute Gasteiger partial charge is 0.341 e. The highest BCUT2D eigenvalue weighted by atomic mass is 16.2. The summed E-state index contributed by atoms with van der Waals surface area (Å²) in [4.78, 5) is 24.1. The molecule has 0 atom stereocenters. The number of likely N-dealkylation sites (tertiary alicyclic amines) is 1. The molecule has 0 spiro atoms.